The van der Waals surface area contributed by atoms with Crippen LogP contribution in [0.4, 0.5) is 11.6 Å². The molecule has 1 aliphatic heterocycles. The van der Waals surface area contributed by atoms with Gasteiger partial charge in [-0.3, -0.25) is 0 Å². The van der Waals surface area contributed by atoms with Crippen LogP contribution >= 0.6 is 0 Å². The van der Waals surface area contributed by atoms with Crippen molar-refractivity contribution in [3.05, 3.63) is 53.7 Å². The topological polar surface area (TPSA) is 86.8 Å². The first kappa shape index (κ1) is 17.0. The minimum Gasteiger partial charge on any atom is -0.353 e. The van der Waals surface area contributed by atoms with Crippen LogP contribution < -0.4 is 9.80 Å². The molecule has 0 atom stereocenters. The number of aromatic nitrogens is 5. The van der Waals surface area contributed by atoms with E-state index in [2.05, 4.69) is 35.9 Å². The third kappa shape index (κ3) is 3.44. The second-order valence-electron chi connectivity index (χ2n) is 6.56. The third-order valence-electron chi connectivity index (χ3n) is 4.67. The van der Waals surface area contributed by atoms with Crippen molar-refractivity contribution in [2.45, 2.75) is 13.8 Å². The molecule has 0 unspecified atom stereocenters. The zero-order valence-corrected chi connectivity index (χ0v) is 15.4. The lowest BCUT2D eigenvalue weighted by atomic mass is 10.2. The summed E-state index contributed by atoms with van der Waals surface area (Å²) in [5.41, 5.74) is 2.64. The van der Waals surface area contributed by atoms with Gasteiger partial charge in [0.2, 0.25) is 0 Å². The van der Waals surface area contributed by atoms with Crippen LogP contribution in [0.5, 0.6) is 0 Å². The van der Waals surface area contributed by atoms with Gasteiger partial charge in [0.15, 0.2) is 5.82 Å². The maximum absolute atomic E-state index is 9.07. The maximum atomic E-state index is 9.07. The van der Waals surface area contributed by atoms with Gasteiger partial charge in [-0.05, 0) is 32.0 Å². The lowest BCUT2D eigenvalue weighted by molar-refractivity contribution is 0.640. The van der Waals surface area contributed by atoms with Crippen LogP contribution in [0.15, 0.2) is 36.8 Å². The molecule has 4 heterocycles. The van der Waals surface area contributed by atoms with E-state index in [1.54, 1.807) is 18.6 Å². The standard InChI is InChI=1S/C19H20N8/c1-14-9-15(2)27(24-14)19-11-18(22-13-23-19)26-7-5-25(6-8-26)17-10-16(12-20)3-4-21-17/h3-4,9-11,13H,5-8H2,1-2H3. The van der Waals surface area contributed by atoms with Crippen molar-refractivity contribution < 1.29 is 0 Å². The first-order valence-corrected chi connectivity index (χ1v) is 8.86. The van der Waals surface area contributed by atoms with E-state index in [0.717, 1.165) is 55.0 Å². The lowest BCUT2D eigenvalue weighted by Gasteiger charge is -2.36. The van der Waals surface area contributed by atoms with Crippen LogP contribution in [-0.4, -0.2) is 50.9 Å². The van der Waals surface area contributed by atoms with E-state index in [1.165, 1.54) is 0 Å². The lowest BCUT2D eigenvalue weighted by Crippen LogP contribution is -2.47. The Hall–Kier alpha value is -3.47. The van der Waals surface area contributed by atoms with E-state index >= 15 is 0 Å². The van der Waals surface area contributed by atoms with Gasteiger partial charge in [0.25, 0.3) is 0 Å². The summed E-state index contributed by atoms with van der Waals surface area (Å²) in [7, 11) is 0. The van der Waals surface area contributed by atoms with Crippen LogP contribution in [0.3, 0.4) is 0 Å². The monoisotopic (exact) mass is 360 g/mol. The summed E-state index contributed by atoms with van der Waals surface area (Å²) in [6.45, 7) is 7.28. The molecule has 0 aromatic carbocycles. The van der Waals surface area contributed by atoms with E-state index < -0.39 is 0 Å². The average Bonchev–Trinajstić information content (AvgIpc) is 3.06. The van der Waals surface area contributed by atoms with Gasteiger partial charge in [0, 0.05) is 44.1 Å². The average molecular weight is 360 g/mol. The Morgan fingerprint density at radius 3 is 2.19 bits per heavy atom. The molecule has 1 saturated heterocycles. The number of hydrogen-bond acceptors (Lipinski definition) is 7. The summed E-state index contributed by atoms with van der Waals surface area (Å²) in [5, 5.41) is 13.6. The van der Waals surface area contributed by atoms with Gasteiger partial charge in [-0.15, -0.1) is 0 Å². The van der Waals surface area contributed by atoms with E-state index in [1.807, 2.05) is 36.7 Å². The summed E-state index contributed by atoms with van der Waals surface area (Å²) in [6.07, 6.45) is 3.27. The van der Waals surface area contributed by atoms with Gasteiger partial charge >= 0.3 is 0 Å². The Bertz CT molecular complexity index is 995. The molecule has 0 spiro atoms. The van der Waals surface area contributed by atoms with E-state index in [9.17, 15) is 0 Å². The molecule has 0 N–H and O–H groups in total. The number of rotatable bonds is 3. The molecule has 0 amide bonds. The van der Waals surface area contributed by atoms with Crippen molar-refractivity contribution in [1.29, 1.82) is 5.26 Å². The predicted octanol–water partition coefficient (Wildman–Crippen LogP) is 1.87. The van der Waals surface area contributed by atoms with Gasteiger partial charge in [0.05, 0.1) is 17.3 Å². The van der Waals surface area contributed by atoms with Crippen LogP contribution in [0.1, 0.15) is 17.0 Å². The minimum absolute atomic E-state index is 0.632. The van der Waals surface area contributed by atoms with Crippen LogP contribution in [0.25, 0.3) is 5.82 Å². The highest BCUT2D eigenvalue weighted by Crippen LogP contribution is 2.20. The van der Waals surface area contributed by atoms with Crippen LogP contribution in [-0.2, 0) is 0 Å². The van der Waals surface area contributed by atoms with Gasteiger partial charge in [-0.1, -0.05) is 0 Å². The van der Waals surface area contributed by atoms with E-state index in [0.29, 0.717) is 5.56 Å². The smallest absolute Gasteiger partial charge is 0.159 e. The Morgan fingerprint density at radius 2 is 1.56 bits per heavy atom. The second kappa shape index (κ2) is 7.03. The molecule has 3 aromatic heterocycles. The number of hydrogen-bond donors (Lipinski definition) is 0. The van der Waals surface area contributed by atoms with Gasteiger partial charge < -0.3 is 9.80 Å². The molecular formula is C19H20N8. The summed E-state index contributed by atoms with van der Waals surface area (Å²) >= 11 is 0. The third-order valence-corrected chi connectivity index (χ3v) is 4.67. The van der Waals surface area contributed by atoms with Crippen molar-refractivity contribution in [1.82, 2.24) is 24.7 Å². The van der Waals surface area contributed by atoms with Crippen molar-refractivity contribution in [3.8, 4) is 11.9 Å². The summed E-state index contributed by atoms with van der Waals surface area (Å²) in [5.74, 6) is 2.52. The van der Waals surface area contributed by atoms with Crippen molar-refractivity contribution >= 4 is 11.6 Å². The molecule has 1 fully saturated rings. The van der Waals surface area contributed by atoms with Gasteiger partial charge in [-0.25, -0.2) is 19.6 Å². The molecule has 3 aromatic rings. The highest BCUT2D eigenvalue weighted by Gasteiger charge is 2.20. The first-order chi connectivity index (χ1) is 13.1. The van der Waals surface area contributed by atoms with E-state index in [4.69, 9.17) is 5.26 Å². The van der Waals surface area contributed by atoms with Crippen LogP contribution in [0, 0.1) is 25.2 Å². The highest BCUT2D eigenvalue weighted by atomic mass is 15.3. The molecule has 0 saturated carbocycles. The highest BCUT2D eigenvalue weighted by molar-refractivity contribution is 5.49. The number of piperazine rings is 1. The molecule has 0 bridgehead atoms. The zero-order valence-electron chi connectivity index (χ0n) is 15.4. The SMILES string of the molecule is Cc1cc(C)n(-c2cc(N3CCN(c4cc(C#N)ccn4)CC3)ncn2)n1. The normalized spacial score (nSPS) is 14.3. The summed E-state index contributed by atoms with van der Waals surface area (Å²) in [4.78, 5) is 17.6. The molecule has 1 aliphatic rings. The number of aryl methyl sites for hydroxylation is 2. The van der Waals surface area contributed by atoms with Crippen molar-refractivity contribution in [2.75, 3.05) is 36.0 Å². The Balaban J connectivity index is 1.49. The summed E-state index contributed by atoms with van der Waals surface area (Å²) < 4.78 is 1.84. The predicted molar refractivity (Wildman–Crippen MR) is 102 cm³/mol. The summed E-state index contributed by atoms with van der Waals surface area (Å²) in [6, 6.07) is 9.73. The molecular weight excluding hydrogens is 340 g/mol. The Labute approximate surface area is 157 Å². The molecule has 0 aliphatic carbocycles. The minimum atomic E-state index is 0.632. The molecule has 136 valence electrons. The number of pyridine rings is 1. The number of nitrogens with zero attached hydrogens (tertiary/aromatic N) is 8. The zero-order chi connectivity index (χ0) is 18.8. The molecule has 8 heteroatoms. The molecule has 27 heavy (non-hydrogen) atoms. The van der Waals surface area contributed by atoms with Gasteiger partial charge in [0.1, 0.15) is 18.0 Å². The molecule has 4 rings (SSSR count). The number of anilines is 2. The fraction of sp³-hybridized carbons (Fsp3) is 0.316. The Kier molecular flexibility index (Phi) is 4.42. The van der Waals surface area contributed by atoms with Crippen molar-refractivity contribution in [2.24, 2.45) is 0 Å². The van der Waals surface area contributed by atoms with Gasteiger partial charge in [-0.2, -0.15) is 10.4 Å². The van der Waals surface area contributed by atoms with Crippen LogP contribution in [0.2, 0.25) is 0 Å². The molecule has 0 radical (unpaired) electrons. The quantitative estimate of drug-likeness (QED) is 0.705. The number of nitriles is 1. The fourth-order valence-electron chi connectivity index (χ4n) is 3.31. The van der Waals surface area contributed by atoms with E-state index in [-0.39, 0.29) is 0 Å². The fourth-order valence-corrected chi connectivity index (χ4v) is 3.31. The first-order valence-electron chi connectivity index (χ1n) is 8.86. The second-order valence-corrected chi connectivity index (χ2v) is 6.56. The molecule has 8 nitrogen and oxygen atoms in total. The largest absolute Gasteiger partial charge is 0.353 e. The van der Waals surface area contributed by atoms with Crippen molar-refractivity contribution in [3.63, 3.8) is 0 Å². The Morgan fingerprint density at radius 1 is 0.889 bits per heavy atom. The maximum Gasteiger partial charge on any atom is 0.159 e.